The molecule has 2 N–H and O–H groups in total. The fourth-order valence-electron chi connectivity index (χ4n) is 2.15. The fraction of sp³-hybridized carbons (Fsp3) is 0.375. The van der Waals surface area contributed by atoms with Crippen molar-refractivity contribution in [1.29, 1.82) is 0 Å². The minimum absolute atomic E-state index is 0.628. The Labute approximate surface area is 131 Å². The largest absolute Gasteiger partial charge is 0.358 e. The second-order valence-corrected chi connectivity index (χ2v) is 5.34. The van der Waals surface area contributed by atoms with E-state index in [4.69, 9.17) is 12.2 Å². The van der Waals surface area contributed by atoms with Crippen molar-refractivity contribution in [2.45, 2.75) is 40.3 Å². The van der Waals surface area contributed by atoms with E-state index < -0.39 is 0 Å². The van der Waals surface area contributed by atoms with Crippen LogP contribution in [0, 0.1) is 6.92 Å². The van der Waals surface area contributed by atoms with Gasteiger partial charge in [0.25, 0.3) is 0 Å². The monoisotopic (exact) mass is 302 g/mol. The molecule has 0 amide bonds. The summed E-state index contributed by atoms with van der Waals surface area (Å²) in [5.41, 5.74) is 4.68. The molecule has 5 heteroatoms. The van der Waals surface area contributed by atoms with Gasteiger partial charge in [0.1, 0.15) is 0 Å². The highest BCUT2D eigenvalue weighted by atomic mass is 32.1. The van der Waals surface area contributed by atoms with Gasteiger partial charge in [0.2, 0.25) is 0 Å². The van der Waals surface area contributed by atoms with Crippen LogP contribution >= 0.6 is 12.2 Å². The van der Waals surface area contributed by atoms with Crippen molar-refractivity contribution < 1.29 is 0 Å². The summed E-state index contributed by atoms with van der Waals surface area (Å²) in [6.07, 6.45) is 2.94. The second-order valence-electron chi connectivity index (χ2n) is 4.93. The molecule has 2 aromatic rings. The van der Waals surface area contributed by atoms with Gasteiger partial charge in [-0.15, -0.1) is 0 Å². The number of nitrogens with zero attached hydrogens (tertiary/aromatic N) is 2. The number of rotatable bonds is 5. The fourth-order valence-corrected chi connectivity index (χ4v) is 2.34. The Bertz CT molecular complexity index is 601. The molecule has 0 atom stereocenters. The van der Waals surface area contributed by atoms with Crippen LogP contribution in [-0.4, -0.2) is 14.9 Å². The normalized spacial score (nSPS) is 10.4. The van der Waals surface area contributed by atoms with Crippen molar-refractivity contribution in [3.05, 3.63) is 47.3 Å². The summed E-state index contributed by atoms with van der Waals surface area (Å²) in [6, 6.07) is 8.32. The van der Waals surface area contributed by atoms with Gasteiger partial charge in [0, 0.05) is 30.0 Å². The SMILES string of the molecule is CCc1ccc(NC(=S)NCc2cnn(CC)c2C)cc1. The summed E-state index contributed by atoms with van der Waals surface area (Å²) in [4.78, 5) is 0. The molecule has 0 saturated carbocycles. The van der Waals surface area contributed by atoms with Crippen LogP contribution in [0.15, 0.2) is 30.5 Å². The molecule has 0 bridgehead atoms. The zero-order valence-corrected chi connectivity index (χ0v) is 13.6. The number of aryl methyl sites for hydroxylation is 2. The third-order valence-corrected chi connectivity index (χ3v) is 3.81. The van der Waals surface area contributed by atoms with Gasteiger partial charge in [-0.3, -0.25) is 4.68 Å². The zero-order valence-electron chi connectivity index (χ0n) is 12.8. The van der Waals surface area contributed by atoms with E-state index in [2.05, 4.69) is 48.6 Å². The van der Waals surface area contributed by atoms with Crippen LogP contribution in [0.25, 0.3) is 0 Å². The smallest absolute Gasteiger partial charge is 0.171 e. The predicted molar refractivity (Wildman–Crippen MR) is 91.5 cm³/mol. The van der Waals surface area contributed by atoms with Gasteiger partial charge in [0.15, 0.2) is 5.11 Å². The lowest BCUT2D eigenvalue weighted by molar-refractivity contribution is 0.638. The molecular weight excluding hydrogens is 280 g/mol. The van der Waals surface area contributed by atoms with E-state index >= 15 is 0 Å². The predicted octanol–water partition coefficient (Wildman–Crippen LogP) is 3.26. The maximum absolute atomic E-state index is 5.33. The molecule has 0 fully saturated rings. The number of aromatic nitrogens is 2. The van der Waals surface area contributed by atoms with Crippen LogP contribution in [0.1, 0.15) is 30.7 Å². The summed E-state index contributed by atoms with van der Waals surface area (Å²) in [5.74, 6) is 0. The molecular formula is C16H22N4S. The molecule has 0 aliphatic rings. The van der Waals surface area contributed by atoms with Gasteiger partial charge in [-0.2, -0.15) is 5.10 Å². The maximum Gasteiger partial charge on any atom is 0.171 e. The first-order chi connectivity index (χ1) is 10.1. The summed E-state index contributed by atoms with van der Waals surface area (Å²) in [6.45, 7) is 7.88. The lowest BCUT2D eigenvalue weighted by atomic mass is 10.1. The van der Waals surface area contributed by atoms with Crippen molar-refractivity contribution >= 4 is 23.0 Å². The quantitative estimate of drug-likeness (QED) is 0.832. The molecule has 112 valence electrons. The van der Waals surface area contributed by atoms with Crippen molar-refractivity contribution in [2.24, 2.45) is 0 Å². The molecule has 2 rings (SSSR count). The van der Waals surface area contributed by atoms with E-state index in [0.29, 0.717) is 11.7 Å². The second kappa shape index (κ2) is 7.22. The van der Waals surface area contributed by atoms with Gasteiger partial charge in [-0.05, 0) is 50.2 Å². The van der Waals surface area contributed by atoms with Crippen molar-refractivity contribution in [2.75, 3.05) is 5.32 Å². The van der Waals surface area contributed by atoms with Crippen LogP contribution in [0.4, 0.5) is 5.69 Å². The summed E-state index contributed by atoms with van der Waals surface area (Å²) in [7, 11) is 0. The average Bonchev–Trinajstić information content (AvgIpc) is 2.86. The minimum Gasteiger partial charge on any atom is -0.358 e. The van der Waals surface area contributed by atoms with Gasteiger partial charge in [0.05, 0.1) is 6.20 Å². The Hall–Kier alpha value is -1.88. The van der Waals surface area contributed by atoms with E-state index in [-0.39, 0.29) is 0 Å². The standard InChI is InChI=1S/C16H22N4S/c1-4-13-6-8-15(9-7-13)19-16(21)17-10-14-11-18-20(5-2)12(14)3/h6-9,11H,4-5,10H2,1-3H3,(H2,17,19,21). The highest BCUT2D eigenvalue weighted by Gasteiger charge is 2.05. The third-order valence-electron chi connectivity index (χ3n) is 3.56. The molecule has 1 aromatic heterocycles. The Morgan fingerprint density at radius 1 is 1.24 bits per heavy atom. The Morgan fingerprint density at radius 3 is 2.52 bits per heavy atom. The minimum atomic E-state index is 0.628. The van der Waals surface area contributed by atoms with Crippen LogP contribution in [0.3, 0.4) is 0 Å². The van der Waals surface area contributed by atoms with Crippen LogP contribution in [0.2, 0.25) is 0 Å². The van der Waals surface area contributed by atoms with Crippen molar-refractivity contribution in [3.8, 4) is 0 Å². The third kappa shape index (κ3) is 4.04. The van der Waals surface area contributed by atoms with Gasteiger partial charge in [-0.1, -0.05) is 19.1 Å². The zero-order chi connectivity index (χ0) is 15.2. The molecule has 0 radical (unpaired) electrons. The number of hydrogen-bond donors (Lipinski definition) is 2. The number of hydrogen-bond acceptors (Lipinski definition) is 2. The first-order valence-corrected chi connectivity index (χ1v) is 7.70. The van der Waals surface area contributed by atoms with Gasteiger partial charge in [-0.25, -0.2) is 0 Å². The van der Waals surface area contributed by atoms with Crippen molar-refractivity contribution in [1.82, 2.24) is 15.1 Å². The topological polar surface area (TPSA) is 41.9 Å². The molecule has 1 aromatic carbocycles. The Morgan fingerprint density at radius 2 is 1.95 bits per heavy atom. The molecule has 21 heavy (non-hydrogen) atoms. The maximum atomic E-state index is 5.33. The Kier molecular flexibility index (Phi) is 5.33. The first kappa shape index (κ1) is 15.5. The molecule has 0 aliphatic carbocycles. The average molecular weight is 302 g/mol. The van der Waals surface area contributed by atoms with E-state index in [1.54, 1.807) is 0 Å². The first-order valence-electron chi connectivity index (χ1n) is 7.29. The lowest BCUT2D eigenvalue weighted by Gasteiger charge is -2.11. The summed E-state index contributed by atoms with van der Waals surface area (Å²) < 4.78 is 1.98. The van der Waals surface area contributed by atoms with Gasteiger partial charge < -0.3 is 10.6 Å². The molecule has 0 unspecified atom stereocenters. The highest BCUT2D eigenvalue weighted by molar-refractivity contribution is 7.80. The number of nitrogens with one attached hydrogen (secondary N) is 2. The van der Waals surface area contributed by atoms with E-state index in [1.165, 1.54) is 16.8 Å². The van der Waals surface area contributed by atoms with Gasteiger partial charge >= 0.3 is 0 Å². The molecule has 0 saturated heterocycles. The number of anilines is 1. The van der Waals surface area contributed by atoms with E-state index in [1.807, 2.05) is 23.0 Å². The van der Waals surface area contributed by atoms with Crippen LogP contribution in [0.5, 0.6) is 0 Å². The summed E-state index contributed by atoms with van der Waals surface area (Å²) >= 11 is 5.33. The summed E-state index contributed by atoms with van der Waals surface area (Å²) in [5, 5.41) is 11.4. The Balaban J connectivity index is 1.87. The lowest BCUT2D eigenvalue weighted by Crippen LogP contribution is -2.28. The number of thiocarbonyl (C=S) groups is 1. The molecule has 0 aliphatic heterocycles. The molecule has 1 heterocycles. The molecule has 4 nitrogen and oxygen atoms in total. The number of benzene rings is 1. The van der Waals surface area contributed by atoms with Crippen LogP contribution < -0.4 is 10.6 Å². The van der Waals surface area contributed by atoms with E-state index in [9.17, 15) is 0 Å². The highest BCUT2D eigenvalue weighted by Crippen LogP contribution is 2.10. The van der Waals surface area contributed by atoms with Crippen LogP contribution in [-0.2, 0) is 19.5 Å². The molecule has 0 spiro atoms. The van der Waals surface area contributed by atoms with Crippen molar-refractivity contribution in [3.63, 3.8) is 0 Å². The van der Waals surface area contributed by atoms with E-state index in [0.717, 1.165) is 18.7 Å².